The maximum Gasteiger partial charge on any atom is 0.323 e. The largest absolute Gasteiger partial charge is 0.323 e. The molecule has 2 aromatic rings. The number of aromatic nitrogens is 2. The van der Waals surface area contributed by atoms with Crippen LogP contribution in [0, 0.1) is 6.92 Å². The standard InChI is InChI=1S/C16H20N4OS/c1-12-18-19-15(22-12)17-16(21)20-11-5-8-14(20)10-9-13-6-3-2-4-7-13/h2-4,6-7,14H,5,8-11H2,1H3,(H,17,19,21). The van der Waals surface area contributed by atoms with Crippen LogP contribution in [-0.4, -0.2) is 33.7 Å². The van der Waals surface area contributed by atoms with Gasteiger partial charge in [0.2, 0.25) is 5.13 Å². The van der Waals surface area contributed by atoms with E-state index in [1.807, 2.05) is 17.9 Å². The Hall–Kier alpha value is -1.95. The summed E-state index contributed by atoms with van der Waals surface area (Å²) in [5, 5.41) is 12.2. The lowest BCUT2D eigenvalue weighted by molar-refractivity contribution is 0.204. The first-order chi connectivity index (χ1) is 10.7. The Kier molecular flexibility index (Phi) is 4.68. The summed E-state index contributed by atoms with van der Waals surface area (Å²) in [7, 11) is 0. The van der Waals surface area contributed by atoms with Gasteiger partial charge in [0, 0.05) is 12.6 Å². The van der Waals surface area contributed by atoms with Crippen molar-refractivity contribution in [2.24, 2.45) is 0 Å². The van der Waals surface area contributed by atoms with E-state index in [0.717, 1.165) is 37.2 Å². The number of anilines is 1. The molecule has 6 heteroatoms. The third-order valence-electron chi connectivity index (χ3n) is 3.99. The van der Waals surface area contributed by atoms with Crippen LogP contribution in [0.1, 0.15) is 29.8 Å². The topological polar surface area (TPSA) is 58.1 Å². The van der Waals surface area contributed by atoms with Crippen molar-refractivity contribution in [3.8, 4) is 0 Å². The van der Waals surface area contributed by atoms with Gasteiger partial charge in [-0.25, -0.2) is 4.79 Å². The zero-order chi connectivity index (χ0) is 15.4. The highest BCUT2D eigenvalue weighted by Crippen LogP contribution is 2.23. The van der Waals surface area contributed by atoms with Gasteiger partial charge in [0.15, 0.2) is 0 Å². The van der Waals surface area contributed by atoms with E-state index in [9.17, 15) is 4.79 Å². The molecule has 0 spiro atoms. The molecule has 1 aliphatic heterocycles. The number of aryl methyl sites for hydroxylation is 2. The molecule has 1 aromatic carbocycles. The van der Waals surface area contributed by atoms with Gasteiger partial charge in [0.1, 0.15) is 5.01 Å². The van der Waals surface area contributed by atoms with Gasteiger partial charge < -0.3 is 4.90 Å². The van der Waals surface area contributed by atoms with Crippen molar-refractivity contribution in [2.75, 3.05) is 11.9 Å². The Morgan fingerprint density at radius 3 is 2.91 bits per heavy atom. The van der Waals surface area contributed by atoms with Gasteiger partial charge in [-0.2, -0.15) is 0 Å². The fourth-order valence-corrected chi connectivity index (χ4v) is 3.47. The van der Waals surface area contributed by atoms with Gasteiger partial charge in [-0.3, -0.25) is 5.32 Å². The molecule has 3 rings (SSSR count). The molecule has 1 atom stereocenters. The summed E-state index contributed by atoms with van der Waals surface area (Å²) in [6, 6.07) is 10.7. The predicted octanol–water partition coefficient (Wildman–Crippen LogP) is 3.48. The summed E-state index contributed by atoms with van der Waals surface area (Å²) in [5.41, 5.74) is 1.33. The number of nitrogens with one attached hydrogen (secondary N) is 1. The summed E-state index contributed by atoms with van der Waals surface area (Å²) in [6.45, 7) is 2.70. The van der Waals surface area contributed by atoms with Gasteiger partial charge in [-0.1, -0.05) is 41.7 Å². The van der Waals surface area contributed by atoms with Crippen LogP contribution in [-0.2, 0) is 6.42 Å². The fraction of sp³-hybridized carbons (Fsp3) is 0.438. The van der Waals surface area contributed by atoms with Crippen molar-refractivity contribution in [3.05, 3.63) is 40.9 Å². The van der Waals surface area contributed by atoms with E-state index in [4.69, 9.17) is 0 Å². The Balaban J connectivity index is 1.56. The zero-order valence-electron chi connectivity index (χ0n) is 12.7. The first-order valence-corrected chi connectivity index (χ1v) is 8.45. The van der Waals surface area contributed by atoms with Crippen molar-refractivity contribution < 1.29 is 4.79 Å². The van der Waals surface area contributed by atoms with Crippen molar-refractivity contribution in [3.63, 3.8) is 0 Å². The van der Waals surface area contributed by atoms with E-state index in [0.29, 0.717) is 11.2 Å². The molecule has 1 saturated heterocycles. The molecule has 2 amide bonds. The Morgan fingerprint density at radius 2 is 2.18 bits per heavy atom. The predicted molar refractivity (Wildman–Crippen MR) is 88.2 cm³/mol. The van der Waals surface area contributed by atoms with Crippen LogP contribution in [0.15, 0.2) is 30.3 Å². The molecule has 2 heterocycles. The van der Waals surface area contributed by atoms with Gasteiger partial charge in [0.05, 0.1) is 0 Å². The number of hydrogen-bond donors (Lipinski definition) is 1. The maximum absolute atomic E-state index is 12.4. The molecule has 22 heavy (non-hydrogen) atoms. The Labute approximate surface area is 134 Å². The molecule has 0 saturated carbocycles. The Morgan fingerprint density at radius 1 is 1.36 bits per heavy atom. The summed E-state index contributed by atoms with van der Waals surface area (Å²) in [6.07, 6.45) is 4.16. The number of nitrogens with zero attached hydrogens (tertiary/aromatic N) is 3. The van der Waals surface area contributed by atoms with Crippen molar-refractivity contribution >= 4 is 22.5 Å². The van der Waals surface area contributed by atoms with Crippen molar-refractivity contribution in [1.29, 1.82) is 0 Å². The Bertz CT molecular complexity index is 628. The van der Waals surface area contributed by atoms with Crippen LogP contribution in [0.5, 0.6) is 0 Å². The minimum Gasteiger partial charge on any atom is -0.321 e. The molecule has 1 aliphatic rings. The lowest BCUT2D eigenvalue weighted by Gasteiger charge is -2.24. The number of carbonyl (C=O) groups excluding carboxylic acids is 1. The number of benzene rings is 1. The average Bonchev–Trinajstić information content (AvgIpc) is 3.15. The highest BCUT2D eigenvalue weighted by atomic mass is 32.1. The van der Waals surface area contributed by atoms with E-state index in [-0.39, 0.29) is 6.03 Å². The number of urea groups is 1. The molecule has 1 fully saturated rings. The zero-order valence-corrected chi connectivity index (χ0v) is 13.5. The molecule has 0 bridgehead atoms. The molecular formula is C16H20N4OS. The molecule has 5 nitrogen and oxygen atoms in total. The van der Waals surface area contributed by atoms with Crippen LogP contribution in [0.2, 0.25) is 0 Å². The highest BCUT2D eigenvalue weighted by Gasteiger charge is 2.28. The molecule has 0 radical (unpaired) electrons. The van der Waals surface area contributed by atoms with Crippen LogP contribution >= 0.6 is 11.3 Å². The van der Waals surface area contributed by atoms with E-state index in [1.165, 1.54) is 16.9 Å². The lowest BCUT2D eigenvalue weighted by atomic mass is 10.0. The fourth-order valence-electron chi connectivity index (χ4n) is 2.89. The van der Waals surface area contributed by atoms with Gasteiger partial charge in [-0.05, 0) is 38.2 Å². The minimum atomic E-state index is -0.0493. The van der Waals surface area contributed by atoms with Crippen LogP contribution < -0.4 is 5.32 Å². The number of rotatable bonds is 4. The van der Waals surface area contributed by atoms with Crippen LogP contribution in [0.4, 0.5) is 9.93 Å². The molecular weight excluding hydrogens is 296 g/mol. The lowest BCUT2D eigenvalue weighted by Crippen LogP contribution is -2.38. The SMILES string of the molecule is Cc1nnc(NC(=O)N2CCCC2CCc2ccccc2)s1. The molecule has 1 aromatic heterocycles. The van der Waals surface area contributed by atoms with E-state index in [1.54, 1.807) is 0 Å². The first kappa shape index (κ1) is 15.0. The van der Waals surface area contributed by atoms with Crippen molar-refractivity contribution in [1.82, 2.24) is 15.1 Å². The summed E-state index contributed by atoms with van der Waals surface area (Å²) < 4.78 is 0. The normalized spacial score (nSPS) is 17.7. The van der Waals surface area contributed by atoms with Crippen molar-refractivity contribution in [2.45, 2.75) is 38.6 Å². The maximum atomic E-state index is 12.4. The number of hydrogen-bond acceptors (Lipinski definition) is 4. The average molecular weight is 316 g/mol. The monoisotopic (exact) mass is 316 g/mol. The van der Waals surface area contributed by atoms with Crippen LogP contribution in [0.25, 0.3) is 0 Å². The second kappa shape index (κ2) is 6.87. The van der Waals surface area contributed by atoms with Gasteiger partial charge in [0.25, 0.3) is 0 Å². The molecule has 1 unspecified atom stereocenters. The quantitative estimate of drug-likeness (QED) is 0.939. The highest BCUT2D eigenvalue weighted by molar-refractivity contribution is 7.15. The summed E-state index contributed by atoms with van der Waals surface area (Å²) in [4.78, 5) is 14.3. The third-order valence-corrected chi connectivity index (χ3v) is 4.74. The third kappa shape index (κ3) is 3.62. The van der Waals surface area contributed by atoms with Crippen LogP contribution in [0.3, 0.4) is 0 Å². The molecule has 1 N–H and O–H groups in total. The van der Waals surface area contributed by atoms with E-state index < -0.39 is 0 Å². The first-order valence-electron chi connectivity index (χ1n) is 7.64. The molecule has 116 valence electrons. The van der Waals surface area contributed by atoms with E-state index >= 15 is 0 Å². The number of amides is 2. The number of carbonyl (C=O) groups is 1. The molecule has 0 aliphatic carbocycles. The smallest absolute Gasteiger partial charge is 0.321 e. The number of likely N-dealkylation sites (tertiary alicyclic amines) is 1. The summed E-state index contributed by atoms with van der Waals surface area (Å²) in [5.74, 6) is 0. The van der Waals surface area contributed by atoms with Gasteiger partial charge in [-0.15, -0.1) is 10.2 Å². The minimum absolute atomic E-state index is 0.0493. The van der Waals surface area contributed by atoms with E-state index in [2.05, 4.69) is 39.8 Å². The van der Waals surface area contributed by atoms with Gasteiger partial charge >= 0.3 is 6.03 Å². The second-order valence-corrected chi connectivity index (χ2v) is 6.75. The summed E-state index contributed by atoms with van der Waals surface area (Å²) >= 11 is 1.41. The second-order valence-electron chi connectivity index (χ2n) is 5.57.